The highest BCUT2D eigenvalue weighted by Crippen LogP contribution is 2.25. The molecule has 0 aromatic heterocycles. The maximum atomic E-state index is 12.6. The van der Waals surface area contributed by atoms with Gasteiger partial charge < -0.3 is 10.2 Å². The Kier molecular flexibility index (Phi) is 4.41. The van der Waals surface area contributed by atoms with Crippen LogP contribution in [-0.2, 0) is 0 Å². The number of nitrogens with zero attached hydrogens (tertiary/aromatic N) is 1. The van der Waals surface area contributed by atoms with Gasteiger partial charge in [0.05, 0.1) is 0 Å². The van der Waals surface area contributed by atoms with Crippen molar-refractivity contribution in [3.8, 4) is 0 Å². The molecule has 0 radical (unpaired) electrons. The normalized spacial score (nSPS) is 26.8. The first kappa shape index (κ1) is 14.1. The van der Waals surface area contributed by atoms with Gasteiger partial charge in [-0.2, -0.15) is 0 Å². The van der Waals surface area contributed by atoms with Crippen molar-refractivity contribution in [1.82, 2.24) is 10.2 Å². The molecule has 108 valence electrons. The predicted molar refractivity (Wildman–Crippen MR) is 83.8 cm³/mol. The smallest absolute Gasteiger partial charge is 0.253 e. The summed E-state index contributed by atoms with van der Waals surface area (Å²) in [6.45, 7) is 2.95. The molecule has 3 nitrogen and oxygen atoms in total. The van der Waals surface area contributed by atoms with E-state index in [1.54, 1.807) is 0 Å². The summed E-state index contributed by atoms with van der Waals surface area (Å²) in [7, 11) is 0. The molecule has 2 heterocycles. The maximum absolute atomic E-state index is 12.6. The van der Waals surface area contributed by atoms with Crippen LogP contribution >= 0.6 is 15.9 Å². The van der Waals surface area contributed by atoms with Crippen LogP contribution in [0.1, 0.15) is 36.0 Å². The molecule has 0 aliphatic carbocycles. The molecule has 2 aliphatic rings. The lowest BCUT2D eigenvalue weighted by molar-refractivity contribution is 0.0651. The number of rotatable bonds is 2. The fourth-order valence-electron chi connectivity index (χ4n) is 3.41. The summed E-state index contributed by atoms with van der Waals surface area (Å²) >= 11 is 3.41. The number of benzene rings is 1. The van der Waals surface area contributed by atoms with Crippen molar-refractivity contribution in [2.24, 2.45) is 5.92 Å². The fraction of sp³-hybridized carbons (Fsp3) is 0.562. The van der Waals surface area contributed by atoms with Crippen LogP contribution in [0.4, 0.5) is 0 Å². The second-order valence-corrected chi connectivity index (χ2v) is 6.78. The Morgan fingerprint density at radius 1 is 1.20 bits per heavy atom. The van der Waals surface area contributed by atoms with Gasteiger partial charge in [-0.25, -0.2) is 0 Å². The van der Waals surface area contributed by atoms with Crippen LogP contribution in [0.25, 0.3) is 0 Å². The second kappa shape index (κ2) is 6.27. The van der Waals surface area contributed by atoms with Gasteiger partial charge in [0.1, 0.15) is 0 Å². The van der Waals surface area contributed by atoms with E-state index in [2.05, 4.69) is 21.2 Å². The zero-order valence-electron chi connectivity index (χ0n) is 11.6. The number of halogens is 1. The first-order valence-electron chi connectivity index (χ1n) is 7.52. The molecule has 3 rings (SSSR count). The zero-order valence-corrected chi connectivity index (χ0v) is 13.2. The summed E-state index contributed by atoms with van der Waals surface area (Å²) in [5.41, 5.74) is 0.799. The van der Waals surface area contributed by atoms with E-state index in [4.69, 9.17) is 0 Å². The molecule has 2 unspecified atom stereocenters. The number of piperidine rings is 1. The second-order valence-electron chi connectivity index (χ2n) is 5.86. The summed E-state index contributed by atoms with van der Waals surface area (Å²) in [5, 5.41) is 3.59. The largest absolute Gasteiger partial charge is 0.338 e. The Labute approximate surface area is 128 Å². The maximum Gasteiger partial charge on any atom is 0.253 e. The van der Waals surface area contributed by atoms with Crippen LogP contribution in [0.5, 0.6) is 0 Å². The average molecular weight is 337 g/mol. The van der Waals surface area contributed by atoms with Gasteiger partial charge in [0.25, 0.3) is 5.91 Å². The van der Waals surface area contributed by atoms with Gasteiger partial charge in [-0.3, -0.25) is 4.79 Å². The van der Waals surface area contributed by atoms with Crippen molar-refractivity contribution in [1.29, 1.82) is 0 Å². The molecule has 0 saturated carbocycles. The van der Waals surface area contributed by atoms with E-state index in [9.17, 15) is 4.79 Å². The lowest BCUT2D eigenvalue weighted by atomic mass is 9.89. The molecule has 1 aromatic rings. The fourth-order valence-corrected chi connectivity index (χ4v) is 3.68. The molecule has 1 amide bonds. The Bertz CT molecular complexity index is 468. The number of carbonyl (C=O) groups is 1. The lowest BCUT2D eigenvalue weighted by Crippen LogP contribution is -2.45. The summed E-state index contributed by atoms with van der Waals surface area (Å²) in [5.74, 6) is 0.811. The van der Waals surface area contributed by atoms with Gasteiger partial charge in [0, 0.05) is 29.2 Å². The van der Waals surface area contributed by atoms with Gasteiger partial charge in [0.15, 0.2) is 0 Å². The third-order valence-corrected chi connectivity index (χ3v) is 5.03. The van der Waals surface area contributed by atoms with Crippen LogP contribution in [0.3, 0.4) is 0 Å². The van der Waals surface area contributed by atoms with Gasteiger partial charge in [-0.1, -0.05) is 15.9 Å². The summed E-state index contributed by atoms with van der Waals surface area (Å²) < 4.78 is 1.01. The quantitative estimate of drug-likeness (QED) is 0.900. The third kappa shape index (κ3) is 3.07. The highest BCUT2D eigenvalue weighted by Gasteiger charge is 2.31. The molecular weight excluding hydrogens is 316 g/mol. The topological polar surface area (TPSA) is 32.3 Å². The zero-order chi connectivity index (χ0) is 13.9. The van der Waals surface area contributed by atoms with E-state index in [0.717, 1.165) is 36.1 Å². The number of hydrogen-bond acceptors (Lipinski definition) is 2. The van der Waals surface area contributed by atoms with Crippen molar-refractivity contribution >= 4 is 21.8 Å². The van der Waals surface area contributed by atoms with E-state index < -0.39 is 0 Å². The minimum atomic E-state index is 0.181. The molecule has 2 saturated heterocycles. The molecule has 0 spiro atoms. The predicted octanol–water partition coefficient (Wildman–Crippen LogP) is 3.05. The molecular formula is C16H21BrN2O. The van der Waals surface area contributed by atoms with Crippen molar-refractivity contribution in [2.75, 3.05) is 19.6 Å². The van der Waals surface area contributed by atoms with E-state index >= 15 is 0 Å². The van der Waals surface area contributed by atoms with Crippen LogP contribution in [-0.4, -0.2) is 36.5 Å². The molecule has 2 atom stereocenters. The van der Waals surface area contributed by atoms with Crippen LogP contribution in [0, 0.1) is 5.92 Å². The third-order valence-electron chi connectivity index (χ3n) is 4.50. The van der Waals surface area contributed by atoms with Gasteiger partial charge in [-0.15, -0.1) is 0 Å². The molecule has 0 bridgehead atoms. The standard InChI is InChI=1S/C16H21BrN2O/c17-14-7-5-12(6-8-14)16(20)19-10-2-3-13(11-19)15-4-1-9-18-15/h5-8,13,15,18H,1-4,9-11H2. The highest BCUT2D eigenvalue weighted by molar-refractivity contribution is 9.10. The summed E-state index contributed by atoms with van der Waals surface area (Å²) in [4.78, 5) is 14.6. The van der Waals surface area contributed by atoms with Gasteiger partial charge in [-0.05, 0) is 62.4 Å². The molecule has 4 heteroatoms. The number of nitrogens with one attached hydrogen (secondary N) is 1. The average Bonchev–Trinajstić information content (AvgIpc) is 3.02. The summed E-state index contributed by atoms with van der Waals surface area (Å²) in [6.07, 6.45) is 4.93. The molecule has 20 heavy (non-hydrogen) atoms. The Balaban J connectivity index is 1.66. The van der Waals surface area contributed by atoms with E-state index in [1.807, 2.05) is 29.2 Å². The van der Waals surface area contributed by atoms with E-state index in [1.165, 1.54) is 19.3 Å². The molecule has 2 aliphatic heterocycles. The molecule has 2 fully saturated rings. The summed E-state index contributed by atoms with van der Waals surface area (Å²) in [6, 6.07) is 8.31. The number of carbonyl (C=O) groups excluding carboxylic acids is 1. The first-order chi connectivity index (χ1) is 9.74. The van der Waals surface area contributed by atoms with Crippen molar-refractivity contribution in [3.05, 3.63) is 34.3 Å². The minimum Gasteiger partial charge on any atom is -0.338 e. The highest BCUT2D eigenvalue weighted by atomic mass is 79.9. The number of hydrogen-bond donors (Lipinski definition) is 1. The minimum absolute atomic E-state index is 0.181. The van der Waals surface area contributed by atoms with Crippen molar-refractivity contribution in [3.63, 3.8) is 0 Å². The van der Waals surface area contributed by atoms with Crippen molar-refractivity contribution in [2.45, 2.75) is 31.7 Å². The van der Waals surface area contributed by atoms with Gasteiger partial charge >= 0.3 is 0 Å². The first-order valence-corrected chi connectivity index (χ1v) is 8.31. The van der Waals surface area contributed by atoms with Crippen LogP contribution < -0.4 is 5.32 Å². The number of amides is 1. The monoisotopic (exact) mass is 336 g/mol. The number of likely N-dealkylation sites (tertiary alicyclic amines) is 1. The Morgan fingerprint density at radius 3 is 2.70 bits per heavy atom. The lowest BCUT2D eigenvalue weighted by Gasteiger charge is -2.36. The van der Waals surface area contributed by atoms with Crippen molar-refractivity contribution < 1.29 is 4.79 Å². The van der Waals surface area contributed by atoms with E-state index in [0.29, 0.717) is 12.0 Å². The molecule has 1 N–H and O–H groups in total. The Morgan fingerprint density at radius 2 is 2.00 bits per heavy atom. The van der Waals surface area contributed by atoms with E-state index in [-0.39, 0.29) is 5.91 Å². The van der Waals surface area contributed by atoms with Crippen LogP contribution in [0.15, 0.2) is 28.7 Å². The Hall–Kier alpha value is -0.870. The van der Waals surface area contributed by atoms with Gasteiger partial charge in [0.2, 0.25) is 0 Å². The van der Waals surface area contributed by atoms with Crippen LogP contribution in [0.2, 0.25) is 0 Å². The SMILES string of the molecule is O=C(c1ccc(Br)cc1)N1CCCC(C2CCCN2)C1. The molecule has 1 aromatic carbocycles.